The maximum absolute atomic E-state index is 6.17. The Bertz CT molecular complexity index is 711. The van der Waals surface area contributed by atoms with E-state index in [1.54, 1.807) is 7.11 Å². The Balaban J connectivity index is 1.45. The van der Waals surface area contributed by atoms with E-state index in [9.17, 15) is 0 Å². The van der Waals surface area contributed by atoms with Crippen LogP contribution in [0.3, 0.4) is 0 Å². The third-order valence-electron chi connectivity index (χ3n) is 5.72. The first-order valence-electron chi connectivity index (χ1n) is 9.62. The number of hydrogen-bond acceptors (Lipinski definition) is 4. The molecule has 2 aromatic rings. The van der Waals surface area contributed by atoms with Crippen molar-refractivity contribution in [2.24, 2.45) is 5.92 Å². The molecule has 0 radical (unpaired) electrons. The first-order valence-corrected chi connectivity index (χ1v) is 9.62. The number of para-hydroxylation sites is 1. The molecule has 1 atom stereocenters. The topological polar surface area (TPSA) is 33.7 Å². The summed E-state index contributed by atoms with van der Waals surface area (Å²) >= 11 is 0. The molecule has 5 rings (SSSR count). The SMILES string of the molecule is COc1cccc(CNC2CN3CCC2CC3)c1OCc1ccccc1. The summed E-state index contributed by atoms with van der Waals surface area (Å²) in [4.78, 5) is 2.58. The molecule has 3 aliphatic heterocycles. The number of methoxy groups -OCH3 is 1. The highest BCUT2D eigenvalue weighted by molar-refractivity contribution is 5.46. The van der Waals surface area contributed by atoms with E-state index in [0.717, 1.165) is 35.1 Å². The van der Waals surface area contributed by atoms with E-state index in [1.165, 1.54) is 32.5 Å². The molecule has 26 heavy (non-hydrogen) atoms. The molecule has 0 saturated carbocycles. The van der Waals surface area contributed by atoms with Gasteiger partial charge in [-0.3, -0.25) is 0 Å². The zero-order valence-electron chi connectivity index (χ0n) is 15.5. The van der Waals surface area contributed by atoms with E-state index in [-0.39, 0.29) is 0 Å². The van der Waals surface area contributed by atoms with Crippen LogP contribution in [0.1, 0.15) is 24.0 Å². The van der Waals surface area contributed by atoms with E-state index in [0.29, 0.717) is 12.6 Å². The van der Waals surface area contributed by atoms with Crippen molar-refractivity contribution >= 4 is 0 Å². The van der Waals surface area contributed by atoms with Crippen molar-refractivity contribution in [3.8, 4) is 11.5 Å². The van der Waals surface area contributed by atoms with Crippen LogP contribution in [0.25, 0.3) is 0 Å². The molecule has 138 valence electrons. The molecule has 3 saturated heterocycles. The highest BCUT2D eigenvalue weighted by Gasteiger charge is 2.33. The van der Waals surface area contributed by atoms with Gasteiger partial charge in [0, 0.05) is 24.7 Å². The molecule has 1 N–H and O–H groups in total. The highest BCUT2D eigenvalue weighted by atomic mass is 16.5. The molecule has 3 fully saturated rings. The number of rotatable bonds is 7. The number of ether oxygens (including phenoxy) is 2. The molecule has 0 aromatic heterocycles. The van der Waals surface area contributed by atoms with Gasteiger partial charge in [-0.15, -0.1) is 0 Å². The molecule has 0 amide bonds. The van der Waals surface area contributed by atoms with Crippen molar-refractivity contribution in [3.63, 3.8) is 0 Å². The zero-order valence-corrected chi connectivity index (χ0v) is 15.5. The predicted molar refractivity (Wildman–Crippen MR) is 104 cm³/mol. The van der Waals surface area contributed by atoms with Gasteiger partial charge in [-0.05, 0) is 43.5 Å². The van der Waals surface area contributed by atoms with Crippen molar-refractivity contribution in [1.29, 1.82) is 0 Å². The lowest BCUT2D eigenvalue weighted by Gasteiger charge is -2.45. The molecule has 2 bridgehead atoms. The summed E-state index contributed by atoms with van der Waals surface area (Å²) in [7, 11) is 1.70. The third kappa shape index (κ3) is 3.87. The van der Waals surface area contributed by atoms with Gasteiger partial charge < -0.3 is 19.7 Å². The number of benzene rings is 2. The van der Waals surface area contributed by atoms with Crippen LogP contribution in [-0.4, -0.2) is 37.7 Å². The second-order valence-electron chi connectivity index (χ2n) is 7.35. The van der Waals surface area contributed by atoms with Crippen LogP contribution in [0.15, 0.2) is 48.5 Å². The summed E-state index contributed by atoms with van der Waals surface area (Å²) in [5, 5.41) is 3.78. The number of nitrogens with zero attached hydrogens (tertiary/aromatic N) is 1. The van der Waals surface area contributed by atoms with Gasteiger partial charge in [0.2, 0.25) is 0 Å². The van der Waals surface area contributed by atoms with Crippen LogP contribution in [0, 0.1) is 5.92 Å². The van der Waals surface area contributed by atoms with E-state index in [1.807, 2.05) is 30.3 Å². The molecule has 4 nitrogen and oxygen atoms in total. The minimum atomic E-state index is 0.550. The molecular formula is C22H28N2O2. The van der Waals surface area contributed by atoms with Gasteiger partial charge in [-0.2, -0.15) is 0 Å². The molecule has 0 aliphatic carbocycles. The van der Waals surface area contributed by atoms with E-state index in [2.05, 4.69) is 28.4 Å². The number of fused-ring (bicyclic) bond motifs is 3. The average Bonchev–Trinajstić information content (AvgIpc) is 2.72. The van der Waals surface area contributed by atoms with Crippen LogP contribution in [0.4, 0.5) is 0 Å². The van der Waals surface area contributed by atoms with E-state index >= 15 is 0 Å². The number of hydrogen-bond donors (Lipinski definition) is 1. The standard InChI is InChI=1S/C22H28N2O2/c1-25-21-9-5-8-19(22(21)26-16-17-6-3-2-4-7-17)14-23-20-15-24-12-10-18(20)11-13-24/h2-9,18,20,23H,10-16H2,1H3. The Labute approximate surface area is 156 Å². The fraction of sp³-hybridized carbons (Fsp3) is 0.455. The van der Waals surface area contributed by atoms with Gasteiger partial charge in [0.05, 0.1) is 7.11 Å². The van der Waals surface area contributed by atoms with Gasteiger partial charge >= 0.3 is 0 Å². The van der Waals surface area contributed by atoms with Crippen molar-refractivity contribution in [1.82, 2.24) is 10.2 Å². The fourth-order valence-corrected chi connectivity index (χ4v) is 4.19. The zero-order chi connectivity index (χ0) is 17.8. The first-order chi connectivity index (χ1) is 12.8. The molecule has 2 aromatic carbocycles. The minimum absolute atomic E-state index is 0.550. The van der Waals surface area contributed by atoms with Crippen LogP contribution >= 0.6 is 0 Å². The molecule has 3 aliphatic rings. The highest BCUT2D eigenvalue weighted by Crippen LogP contribution is 2.33. The molecule has 0 spiro atoms. The summed E-state index contributed by atoms with van der Waals surface area (Å²) in [5.41, 5.74) is 2.33. The maximum Gasteiger partial charge on any atom is 0.166 e. The van der Waals surface area contributed by atoms with Crippen molar-refractivity contribution in [3.05, 3.63) is 59.7 Å². The monoisotopic (exact) mass is 352 g/mol. The number of nitrogens with one attached hydrogen (secondary N) is 1. The van der Waals surface area contributed by atoms with E-state index < -0.39 is 0 Å². The Morgan fingerprint density at radius 2 is 1.85 bits per heavy atom. The first kappa shape index (κ1) is 17.4. The van der Waals surface area contributed by atoms with Crippen molar-refractivity contribution in [2.45, 2.75) is 32.0 Å². The van der Waals surface area contributed by atoms with Gasteiger partial charge in [0.1, 0.15) is 6.61 Å². The van der Waals surface area contributed by atoms with Gasteiger partial charge in [-0.25, -0.2) is 0 Å². The van der Waals surface area contributed by atoms with E-state index in [4.69, 9.17) is 9.47 Å². The normalized spacial score (nSPS) is 24.4. The predicted octanol–water partition coefficient (Wildman–Crippen LogP) is 3.46. The summed E-state index contributed by atoms with van der Waals surface area (Å²) in [6.07, 6.45) is 2.65. The Morgan fingerprint density at radius 3 is 2.54 bits per heavy atom. The van der Waals surface area contributed by atoms with Gasteiger partial charge in [0.25, 0.3) is 0 Å². The van der Waals surface area contributed by atoms with Crippen molar-refractivity contribution < 1.29 is 9.47 Å². The fourth-order valence-electron chi connectivity index (χ4n) is 4.19. The average molecular weight is 352 g/mol. The molecule has 3 heterocycles. The molecular weight excluding hydrogens is 324 g/mol. The minimum Gasteiger partial charge on any atom is -0.493 e. The van der Waals surface area contributed by atoms with Crippen LogP contribution in [0.5, 0.6) is 11.5 Å². The maximum atomic E-state index is 6.17. The van der Waals surface area contributed by atoms with Crippen LogP contribution in [0.2, 0.25) is 0 Å². The van der Waals surface area contributed by atoms with Crippen molar-refractivity contribution in [2.75, 3.05) is 26.7 Å². The Kier molecular flexibility index (Phi) is 5.42. The Hall–Kier alpha value is -2.04. The second-order valence-corrected chi connectivity index (χ2v) is 7.35. The lowest BCUT2D eigenvalue weighted by atomic mass is 9.84. The van der Waals surface area contributed by atoms with Gasteiger partial charge in [0.15, 0.2) is 11.5 Å². The summed E-state index contributed by atoms with van der Waals surface area (Å²) < 4.78 is 11.7. The number of piperidine rings is 3. The second kappa shape index (κ2) is 8.11. The van der Waals surface area contributed by atoms with Crippen LogP contribution < -0.4 is 14.8 Å². The Morgan fingerprint density at radius 1 is 1.04 bits per heavy atom. The lowest BCUT2D eigenvalue weighted by Crippen LogP contribution is -2.55. The summed E-state index contributed by atoms with van der Waals surface area (Å²) in [6, 6.07) is 17.0. The van der Waals surface area contributed by atoms with Crippen LogP contribution in [-0.2, 0) is 13.2 Å². The summed E-state index contributed by atoms with van der Waals surface area (Å²) in [5.74, 6) is 2.47. The van der Waals surface area contributed by atoms with Gasteiger partial charge in [-0.1, -0.05) is 42.5 Å². The molecule has 4 heteroatoms. The lowest BCUT2D eigenvalue weighted by molar-refractivity contribution is 0.0718. The smallest absolute Gasteiger partial charge is 0.166 e. The molecule has 1 unspecified atom stereocenters. The third-order valence-corrected chi connectivity index (χ3v) is 5.72. The largest absolute Gasteiger partial charge is 0.493 e. The quantitative estimate of drug-likeness (QED) is 0.827. The summed E-state index contributed by atoms with van der Waals surface area (Å²) in [6.45, 7) is 5.08.